The molecule has 5 aromatic rings. The van der Waals surface area contributed by atoms with Gasteiger partial charge in [-0.2, -0.15) is 0 Å². The molecule has 8 rings (SSSR count). The van der Waals surface area contributed by atoms with Crippen molar-refractivity contribution in [3.63, 3.8) is 0 Å². The third-order valence-electron chi connectivity index (χ3n) is 9.91. The minimum Gasteiger partial charge on any atom is -0.444 e. The Bertz CT molecular complexity index is 2180. The van der Waals surface area contributed by atoms with Crippen LogP contribution in [0, 0.1) is 0 Å². The van der Waals surface area contributed by atoms with Crippen LogP contribution in [0.25, 0.3) is 44.6 Å². The number of rotatable bonds is 4. The molecule has 0 aliphatic carbocycles. The van der Waals surface area contributed by atoms with Crippen molar-refractivity contribution in [2.75, 3.05) is 13.1 Å². The Hall–Kier alpha value is -4.65. The van der Waals surface area contributed by atoms with E-state index in [4.69, 9.17) is 29.4 Å². The Morgan fingerprint density at radius 1 is 0.843 bits per heavy atom. The first-order valence-electron chi connectivity index (χ1n) is 17.8. The number of likely N-dealkylation sites (tertiary alicyclic amines) is 1. The fourth-order valence-corrected chi connectivity index (χ4v) is 8.86. The third kappa shape index (κ3) is 5.79. The van der Waals surface area contributed by atoms with E-state index < -0.39 is 16.7 Å². The van der Waals surface area contributed by atoms with Gasteiger partial charge in [-0.3, -0.25) is 9.47 Å². The highest BCUT2D eigenvalue weighted by Gasteiger charge is 2.59. The zero-order valence-corrected chi connectivity index (χ0v) is 31.1. The number of hydrogen-bond acceptors (Lipinski definition) is 9. The van der Waals surface area contributed by atoms with E-state index in [0.29, 0.717) is 18.7 Å². The van der Waals surface area contributed by atoms with Gasteiger partial charge in [0.2, 0.25) is 0 Å². The lowest BCUT2D eigenvalue weighted by Crippen LogP contribution is -2.47. The number of carbonyl (C=O) groups excluding carboxylic acids is 2. The van der Waals surface area contributed by atoms with E-state index >= 15 is 0 Å². The van der Waals surface area contributed by atoms with Crippen molar-refractivity contribution in [2.45, 2.75) is 102 Å². The smallest absolute Gasteiger partial charge is 0.420 e. The van der Waals surface area contributed by atoms with E-state index in [9.17, 15) is 9.59 Å². The highest BCUT2D eigenvalue weighted by molar-refractivity contribution is 7.98. The van der Waals surface area contributed by atoms with Crippen LogP contribution in [0.3, 0.4) is 0 Å². The van der Waals surface area contributed by atoms with Crippen LogP contribution >= 0.6 is 11.9 Å². The fourth-order valence-electron chi connectivity index (χ4n) is 7.50. The van der Waals surface area contributed by atoms with Crippen LogP contribution < -0.4 is 0 Å². The van der Waals surface area contributed by atoms with Gasteiger partial charge in [0.25, 0.3) is 0 Å². The maximum absolute atomic E-state index is 13.2. The molecule has 0 radical (unpaired) electrons. The summed E-state index contributed by atoms with van der Waals surface area (Å²) in [5.41, 5.74) is 5.46. The highest BCUT2D eigenvalue weighted by atomic mass is 32.2. The summed E-state index contributed by atoms with van der Waals surface area (Å²) in [4.78, 5) is 50.4. The molecule has 0 saturated carbocycles. The number of benzene rings is 1. The maximum atomic E-state index is 13.2. The van der Waals surface area contributed by atoms with Crippen LogP contribution in [-0.4, -0.2) is 75.2 Å². The molecule has 51 heavy (non-hydrogen) atoms. The molecule has 2 saturated heterocycles. The normalized spacial score (nSPS) is 21.8. The Morgan fingerprint density at radius 2 is 1.49 bits per heavy atom. The Morgan fingerprint density at radius 3 is 2.18 bits per heavy atom. The predicted molar refractivity (Wildman–Crippen MR) is 197 cm³/mol. The van der Waals surface area contributed by atoms with Gasteiger partial charge in [-0.05, 0) is 109 Å². The molecule has 7 heterocycles. The van der Waals surface area contributed by atoms with Gasteiger partial charge in [-0.25, -0.2) is 33.8 Å². The Labute approximate surface area is 301 Å². The molecule has 13 heteroatoms. The number of hydrogen-bond donors (Lipinski definition) is 1. The topological polar surface area (TPSA) is 131 Å². The lowest BCUT2D eigenvalue weighted by molar-refractivity contribution is 0.00448. The number of ether oxygens (including phenoxy) is 2. The van der Waals surface area contributed by atoms with Gasteiger partial charge in [0, 0.05) is 36.6 Å². The van der Waals surface area contributed by atoms with Gasteiger partial charge in [-0.15, -0.1) is 0 Å². The van der Waals surface area contributed by atoms with Crippen LogP contribution in [0.1, 0.15) is 92.2 Å². The van der Waals surface area contributed by atoms with Crippen molar-refractivity contribution in [2.24, 2.45) is 0 Å². The zero-order valence-electron chi connectivity index (χ0n) is 30.2. The standard InChI is InChI=1S/C38H44N8O4S/c1-8-37(15-9-17-44(37)33(47)49-35(2,3)4)31-41-27-19-25(21-39-29(27)43-31)23-11-13-24(14-12-23)26-20-28-30(40-22-26)46-32(42-28)38(46)16-10-18-45(51-38)34(48)50-36(5,6)7/h11-14,19-22H,8-10,15-18H2,1-7H3,(H,39,41,43)/t37-,38-,46?/m1/s1. The Kier molecular flexibility index (Phi) is 7.68. The predicted octanol–water partition coefficient (Wildman–Crippen LogP) is 8.37. The van der Waals surface area contributed by atoms with Crippen molar-refractivity contribution in [3.8, 4) is 22.3 Å². The minimum absolute atomic E-state index is 0.309. The first-order chi connectivity index (χ1) is 24.2. The van der Waals surface area contributed by atoms with E-state index in [1.165, 1.54) is 11.9 Å². The van der Waals surface area contributed by atoms with E-state index in [0.717, 1.165) is 82.7 Å². The number of aromatic amines is 1. The van der Waals surface area contributed by atoms with Crippen LogP contribution in [-0.2, 0) is 19.9 Å². The largest absolute Gasteiger partial charge is 0.444 e. The number of H-pyrrole nitrogens is 1. The van der Waals surface area contributed by atoms with Gasteiger partial charge in [-0.1, -0.05) is 31.2 Å². The second-order valence-corrected chi connectivity index (χ2v) is 17.1. The summed E-state index contributed by atoms with van der Waals surface area (Å²) in [5.74, 6) is 1.70. The van der Waals surface area contributed by atoms with Crippen molar-refractivity contribution >= 4 is 46.5 Å². The fraction of sp³-hybridized carbons (Fsp3) is 0.474. The number of fused-ring (bicyclic) bond motifs is 6. The average molecular weight is 709 g/mol. The summed E-state index contributed by atoms with van der Waals surface area (Å²) in [6.45, 7) is 14.7. The quantitative estimate of drug-likeness (QED) is 0.183. The van der Waals surface area contributed by atoms with Crippen molar-refractivity contribution in [3.05, 3.63) is 60.4 Å². The molecule has 1 spiro atoms. The molecule has 3 aliphatic rings. The van der Waals surface area contributed by atoms with Gasteiger partial charge in [0.1, 0.15) is 28.1 Å². The summed E-state index contributed by atoms with van der Waals surface area (Å²) in [6, 6.07) is 12.5. The minimum atomic E-state index is -0.574. The lowest BCUT2D eigenvalue weighted by Gasteiger charge is -2.37. The molecular weight excluding hydrogens is 665 g/mol. The number of nitrogens with one attached hydrogen (secondary N) is 1. The number of imidazole rings is 2. The molecule has 3 aliphatic heterocycles. The molecule has 2 atom stereocenters. The molecule has 2 fully saturated rings. The summed E-state index contributed by atoms with van der Waals surface area (Å²) in [7, 11) is 0. The van der Waals surface area contributed by atoms with Crippen LogP contribution in [0.2, 0.25) is 0 Å². The molecule has 266 valence electrons. The molecule has 4 aromatic heterocycles. The number of carbonyl (C=O) groups is 2. The average Bonchev–Trinajstić information content (AvgIpc) is 3.56. The highest BCUT2D eigenvalue weighted by Crippen LogP contribution is 2.59. The SMILES string of the molecule is CC[C@]1(c2nc3ncc(-c4ccc(-c5cnc6c(c5)nc5n6[C@@]56CCCN(C(=O)OC(C)(C)C)S6)cc4)cc3[nH]2)CCCN1C(=O)OC(C)(C)C. The van der Waals surface area contributed by atoms with Gasteiger partial charge in [0.15, 0.2) is 22.0 Å². The zero-order chi connectivity index (χ0) is 35.9. The van der Waals surface area contributed by atoms with E-state index in [-0.39, 0.29) is 17.1 Å². The second-order valence-electron chi connectivity index (χ2n) is 15.8. The van der Waals surface area contributed by atoms with Gasteiger partial charge < -0.3 is 14.5 Å². The maximum Gasteiger partial charge on any atom is 0.420 e. The molecule has 2 amide bonds. The molecule has 12 nitrogen and oxygen atoms in total. The van der Waals surface area contributed by atoms with Gasteiger partial charge >= 0.3 is 12.2 Å². The second kappa shape index (κ2) is 11.7. The van der Waals surface area contributed by atoms with Crippen LogP contribution in [0.5, 0.6) is 0 Å². The number of pyridine rings is 2. The lowest BCUT2D eigenvalue weighted by atomic mass is 9.92. The van der Waals surface area contributed by atoms with Crippen molar-refractivity contribution < 1.29 is 19.1 Å². The number of nitrogens with zero attached hydrogens (tertiary/aromatic N) is 7. The van der Waals surface area contributed by atoms with Crippen LogP contribution in [0.15, 0.2) is 48.8 Å². The summed E-state index contributed by atoms with van der Waals surface area (Å²) < 4.78 is 15.3. The third-order valence-corrected chi connectivity index (χ3v) is 11.3. The first kappa shape index (κ1) is 33.5. The van der Waals surface area contributed by atoms with Crippen molar-refractivity contribution in [1.29, 1.82) is 0 Å². The van der Waals surface area contributed by atoms with E-state index in [1.807, 2.05) is 58.8 Å². The molecule has 0 bridgehead atoms. The first-order valence-corrected chi connectivity index (χ1v) is 18.5. The van der Waals surface area contributed by atoms with E-state index in [1.54, 1.807) is 4.31 Å². The van der Waals surface area contributed by atoms with Gasteiger partial charge in [0.05, 0.1) is 5.52 Å². The molecular formula is C38H44N8O4S. The van der Waals surface area contributed by atoms with Crippen LogP contribution in [0.4, 0.5) is 9.59 Å². The number of amides is 2. The summed E-state index contributed by atoms with van der Waals surface area (Å²) >= 11 is 1.50. The molecule has 1 aromatic carbocycles. The molecule has 0 unspecified atom stereocenters. The number of aromatic nitrogens is 6. The summed E-state index contributed by atoms with van der Waals surface area (Å²) in [6.07, 6.45) is 7.31. The molecule has 1 N–H and O–H groups in total. The van der Waals surface area contributed by atoms with Crippen molar-refractivity contribution in [1.82, 2.24) is 38.7 Å². The Balaban J connectivity index is 0.999. The van der Waals surface area contributed by atoms with E-state index in [2.05, 4.69) is 52.9 Å². The summed E-state index contributed by atoms with van der Waals surface area (Å²) in [5, 5.41) is 0. The monoisotopic (exact) mass is 708 g/mol.